The number of alkyl carbamates (subject to hydrolysis) is 1. The third-order valence-corrected chi connectivity index (χ3v) is 3.59. The summed E-state index contributed by atoms with van der Waals surface area (Å²) in [5, 5.41) is 22.0. The van der Waals surface area contributed by atoms with Gasteiger partial charge in [-0.15, -0.1) is 0 Å². The average molecular weight is 350 g/mol. The summed E-state index contributed by atoms with van der Waals surface area (Å²) >= 11 is 0. The Balaban J connectivity index is 2.31. The molecule has 2 rings (SSSR count). The Kier molecular flexibility index (Phi) is 5.32. The molecule has 0 saturated heterocycles. The van der Waals surface area contributed by atoms with Gasteiger partial charge in [0.25, 0.3) is 0 Å². The highest BCUT2D eigenvalue weighted by molar-refractivity contribution is 6.03. The topological polar surface area (TPSA) is 116 Å². The summed E-state index contributed by atoms with van der Waals surface area (Å²) in [6.45, 7) is 4.48. The Bertz CT molecular complexity index is 682. The molecule has 2 amide bonds. The highest BCUT2D eigenvalue weighted by atomic mass is 16.6. The Hall–Kier alpha value is -2.61. The standard InChI is InChI=1S/C17H22N2O6/c1-17(2,3)25-16(24)18-11-8-13(20)10-6-4-5-7-12(10)19(15(11)23)9-14(21)22/h4-7,11,13,20H,8-9H2,1-3H3,(H,18,24)(H,21,22). The molecule has 0 aromatic heterocycles. The van der Waals surface area contributed by atoms with Crippen molar-refractivity contribution in [1.29, 1.82) is 0 Å². The first-order chi connectivity index (χ1) is 11.6. The van der Waals surface area contributed by atoms with Gasteiger partial charge < -0.3 is 20.3 Å². The van der Waals surface area contributed by atoms with E-state index in [2.05, 4.69) is 5.32 Å². The molecule has 0 saturated carbocycles. The van der Waals surface area contributed by atoms with Crippen LogP contribution in [-0.2, 0) is 14.3 Å². The number of benzene rings is 1. The van der Waals surface area contributed by atoms with Crippen LogP contribution in [0.1, 0.15) is 38.9 Å². The Morgan fingerprint density at radius 1 is 1.32 bits per heavy atom. The van der Waals surface area contributed by atoms with Crippen LogP contribution in [0.4, 0.5) is 10.5 Å². The number of carboxylic acid groups (broad SMARTS) is 1. The molecule has 2 unspecified atom stereocenters. The first-order valence-corrected chi connectivity index (χ1v) is 7.88. The lowest BCUT2D eigenvalue weighted by atomic mass is 10.0. The number of hydrogen-bond acceptors (Lipinski definition) is 5. The Morgan fingerprint density at radius 2 is 1.96 bits per heavy atom. The number of aliphatic hydroxyl groups is 1. The molecule has 8 nitrogen and oxygen atoms in total. The molecule has 1 aliphatic rings. The third kappa shape index (κ3) is 4.69. The van der Waals surface area contributed by atoms with E-state index >= 15 is 0 Å². The largest absolute Gasteiger partial charge is 0.480 e. The van der Waals surface area contributed by atoms with Crippen molar-refractivity contribution < 1.29 is 29.3 Å². The highest BCUT2D eigenvalue weighted by Crippen LogP contribution is 2.33. The predicted molar refractivity (Wildman–Crippen MR) is 89.2 cm³/mol. The number of nitrogens with one attached hydrogen (secondary N) is 1. The predicted octanol–water partition coefficient (Wildman–Crippen LogP) is 1.43. The summed E-state index contributed by atoms with van der Waals surface area (Å²) in [5.74, 6) is -1.81. The van der Waals surface area contributed by atoms with Gasteiger partial charge in [-0.05, 0) is 26.8 Å². The first kappa shape index (κ1) is 18.7. The van der Waals surface area contributed by atoms with E-state index < -0.39 is 42.3 Å². The van der Waals surface area contributed by atoms with E-state index in [-0.39, 0.29) is 6.42 Å². The van der Waals surface area contributed by atoms with Crippen molar-refractivity contribution in [3.63, 3.8) is 0 Å². The second-order valence-corrected chi connectivity index (χ2v) is 6.83. The van der Waals surface area contributed by atoms with Crippen molar-refractivity contribution >= 4 is 23.7 Å². The number of fused-ring (bicyclic) bond motifs is 1. The number of anilines is 1. The Morgan fingerprint density at radius 3 is 2.56 bits per heavy atom. The van der Waals surface area contributed by atoms with Gasteiger partial charge in [-0.1, -0.05) is 18.2 Å². The fourth-order valence-electron chi connectivity index (χ4n) is 2.64. The molecule has 1 heterocycles. The number of rotatable bonds is 3. The monoisotopic (exact) mass is 350 g/mol. The van der Waals surface area contributed by atoms with E-state index in [1.807, 2.05) is 0 Å². The van der Waals surface area contributed by atoms with Crippen LogP contribution in [0.25, 0.3) is 0 Å². The summed E-state index contributed by atoms with van der Waals surface area (Å²) in [6.07, 6.45) is -1.91. The molecule has 1 aliphatic heterocycles. The molecule has 0 spiro atoms. The second-order valence-electron chi connectivity index (χ2n) is 6.83. The molecule has 136 valence electrons. The van der Waals surface area contributed by atoms with Crippen molar-refractivity contribution in [1.82, 2.24) is 5.32 Å². The van der Waals surface area contributed by atoms with Crippen LogP contribution < -0.4 is 10.2 Å². The molecule has 1 aromatic carbocycles. The molecule has 0 aliphatic carbocycles. The lowest BCUT2D eigenvalue weighted by molar-refractivity contribution is -0.136. The average Bonchev–Trinajstić information content (AvgIpc) is 2.57. The van der Waals surface area contributed by atoms with E-state index in [0.29, 0.717) is 11.3 Å². The smallest absolute Gasteiger partial charge is 0.408 e. The zero-order chi connectivity index (χ0) is 18.8. The number of carbonyl (C=O) groups is 3. The number of aliphatic hydroxyl groups excluding tert-OH is 1. The Labute approximate surface area is 145 Å². The summed E-state index contributed by atoms with van der Waals surface area (Å²) < 4.78 is 5.14. The highest BCUT2D eigenvalue weighted by Gasteiger charge is 2.36. The van der Waals surface area contributed by atoms with Crippen molar-refractivity contribution in [2.75, 3.05) is 11.4 Å². The van der Waals surface area contributed by atoms with Crippen LogP contribution >= 0.6 is 0 Å². The first-order valence-electron chi connectivity index (χ1n) is 7.88. The van der Waals surface area contributed by atoms with Crippen LogP contribution in [0.2, 0.25) is 0 Å². The van der Waals surface area contributed by atoms with Crippen LogP contribution in [0, 0.1) is 0 Å². The normalized spacial score (nSPS) is 20.5. The summed E-state index contributed by atoms with van der Waals surface area (Å²) in [5.41, 5.74) is 0.00156. The lowest BCUT2D eigenvalue weighted by Crippen LogP contribution is -2.50. The summed E-state index contributed by atoms with van der Waals surface area (Å²) in [7, 11) is 0. The van der Waals surface area contributed by atoms with E-state index in [1.165, 1.54) is 0 Å². The second kappa shape index (κ2) is 7.10. The van der Waals surface area contributed by atoms with Crippen LogP contribution in [0.15, 0.2) is 24.3 Å². The van der Waals surface area contributed by atoms with Gasteiger partial charge in [0.05, 0.1) is 11.8 Å². The number of carboxylic acids is 1. The fourth-order valence-corrected chi connectivity index (χ4v) is 2.64. The molecular weight excluding hydrogens is 328 g/mol. The quantitative estimate of drug-likeness (QED) is 0.759. The summed E-state index contributed by atoms with van der Waals surface area (Å²) in [6, 6.07) is 5.42. The number of ether oxygens (including phenoxy) is 1. The molecule has 0 fully saturated rings. The molecule has 0 bridgehead atoms. The zero-order valence-electron chi connectivity index (χ0n) is 14.4. The zero-order valence-corrected chi connectivity index (χ0v) is 14.4. The maximum absolute atomic E-state index is 12.8. The minimum atomic E-state index is -1.20. The molecule has 0 radical (unpaired) electrons. The van der Waals surface area contributed by atoms with Crippen molar-refractivity contribution in [3.05, 3.63) is 29.8 Å². The van der Waals surface area contributed by atoms with Gasteiger partial charge in [0, 0.05) is 12.0 Å². The maximum atomic E-state index is 12.8. The third-order valence-electron chi connectivity index (χ3n) is 3.59. The number of aliphatic carboxylic acids is 1. The number of carbonyl (C=O) groups excluding carboxylic acids is 2. The molecular formula is C17H22N2O6. The summed E-state index contributed by atoms with van der Waals surface area (Å²) in [4.78, 5) is 37.0. The van der Waals surface area contributed by atoms with Crippen LogP contribution in [0.5, 0.6) is 0 Å². The minimum absolute atomic E-state index is 0.0782. The van der Waals surface area contributed by atoms with Crippen molar-refractivity contribution in [2.45, 2.75) is 44.9 Å². The number of para-hydroxylation sites is 1. The molecule has 1 aromatic rings. The van der Waals surface area contributed by atoms with Gasteiger partial charge in [-0.3, -0.25) is 14.5 Å². The van der Waals surface area contributed by atoms with Gasteiger partial charge in [-0.2, -0.15) is 0 Å². The molecule has 2 atom stereocenters. The van der Waals surface area contributed by atoms with Crippen LogP contribution in [0.3, 0.4) is 0 Å². The fraction of sp³-hybridized carbons (Fsp3) is 0.471. The maximum Gasteiger partial charge on any atom is 0.408 e. The van der Waals surface area contributed by atoms with E-state index in [1.54, 1.807) is 45.0 Å². The van der Waals surface area contributed by atoms with Gasteiger partial charge in [0.15, 0.2) is 0 Å². The van der Waals surface area contributed by atoms with Crippen LogP contribution in [-0.4, -0.2) is 46.4 Å². The molecule has 3 N–H and O–H groups in total. The minimum Gasteiger partial charge on any atom is -0.480 e. The molecule has 8 heteroatoms. The molecule has 25 heavy (non-hydrogen) atoms. The van der Waals surface area contributed by atoms with Crippen molar-refractivity contribution in [3.8, 4) is 0 Å². The number of hydrogen-bond donors (Lipinski definition) is 3. The van der Waals surface area contributed by atoms with Gasteiger partial charge >= 0.3 is 12.1 Å². The van der Waals surface area contributed by atoms with Gasteiger partial charge in [0.1, 0.15) is 18.2 Å². The lowest BCUT2D eigenvalue weighted by Gasteiger charge is -2.26. The SMILES string of the molecule is CC(C)(C)OC(=O)NC1CC(O)c2ccccc2N(CC(=O)O)C1=O. The van der Waals surface area contributed by atoms with Crippen molar-refractivity contribution in [2.24, 2.45) is 0 Å². The van der Waals surface area contributed by atoms with E-state index in [4.69, 9.17) is 9.84 Å². The van der Waals surface area contributed by atoms with Gasteiger partial charge in [-0.25, -0.2) is 4.79 Å². The van der Waals surface area contributed by atoms with Gasteiger partial charge in [0.2, 0.25) is 5.91 Å². The van der Waals surface area contributed by atoms with E-state index in [0.717, 1.165) is 4.90 Å². The number of amides is 2. The number of nitrogens with zero attached hydrogens (tertiary/aromatic N) is 1. The van der Waals surface area contributed by atoms with E-state index in [9.17, 15) is 19.5 Å².